The number of rotatable bonds is 5. The van der Waals surface area contributed by atoms with Crippen LogP contribution in [-0.4, -0.2) is 23.3 Å². The topological polar surface area (TPSA) is 70.9 Å². The number of ether oxygens (including phenoxy) is 1. The summed E-state index contributed by atoms with van der Waals surface area (Å²) in [5.41, 5.74) is 4.09. The third-order valence-electron chi connectivity index (χ3n) is 4.08. The molecule has 138 valence electrons. The first kappa shape index (κ1) is 18.9. The number of fused-ring (bicyclic) bond motifs is 1. The highest BCUT2D eigenvalue weighted by molar-refractivity contribution is 9.10. The average molecular weight is 427 g/mol. The molecule has 3 aromatic carbocycles. The zero-order valence-electron chi connectivity index (χ0n) is 14.9. The third-order valence-corrected chi connectivity index (χ3v) is 4.70. The van der Waals surface area contributed by atoms with Gasteiger partial charge in [-0.25, -0.2) is 5.43 Å². The summed E-state index contributed by atoms with van der Waals surface area (Å²) in [5, 5.41) is 15.9. The largest absolute Gasteiger partial charge is 0.507 e. The minimum atomic E-state index is -0.734. The molecule has 3 aromatic rings. The van der Waals surface area contributed by atoms with Crippen LogP contribution in [0.5, 0.6) is 11.5 Å². The van der Waals surface area contributed by atoms with Gasteiger partial charge >= 0.3 is 0 Å². The van der Waals surface area contributed by atoms with E-state index in [9.17, 15) is 9.90 Å². The van der Waals surface area contributed by atoms with Crippen molar-refractivity contribution in [2.75, 3.05) is 0 Å². The summed E-state index contributed by atoms with van der Waals surface area (Å²) >= 11 is 3.42. The number of carbonyl (C=O) groups is 1. The lowest BCUT2D eigenvalue weighted by atomic mass is 10.0. The molecule has 0 aliphatic rings. The Morgan fingerprint density at radius 2 is 2.00 bits per heavy atom. The van der Waals surface area contributed by atoms with E-state index in [-0.39, 0.29) is 5.75 Å². The van der Waals surface area contributed by atoms with Gasteiger partial charge < -0.3 is 9.84 Å². The van der Waals surface area contributed by atoms with Gasteiger partial charge in [0.05, 0.1) is 10.7 Å². The van der Waals surface area contributed by atoms with Crippen LogP contribution in [-0.2, 0) is 4.79 Å². The smallest absolute Gasteiger partial charge is 0.280 e. The molecule has 0 aromatic heterocycles. The van der Waals surface area contributed by atoms with E-state index >= 15 is 0 Å². The minimum Gasteiger partial charge on any atom is -0.507 e. The average Bonchev–Trinajstić information content (AvgIpc) is 2.65. The van der Waals surface area contributed by atoms with Crippen LogP contribution in [0.3, 0.4) is 0 Å². The number of aromatic hydroxyl groups is 1. The van der Waals surface area contributed by atoms with Crippen molar-refractivity contribution in [3.05, 3.63) is 70.2 Å². The summed E-state index contributed by atoms with van der Waals surface area (Å²) in [6.45, 7) is 3.62. The van der Waals surface area contributed by atoms with Gasteiger partial charge in [0.1, 0.15) is 11.5 Å². The van der Waals surface area contributed by atoms with Crippen molar-refractivity contribution in [3.63, 3.8) is 0 Å². The standard InChI is InChI=1S/C21H19BrN2O3/c1-13-7-10-20(18(22)11-13)27-14(2)21(26)24-23-12-17-16-6-4-3-5-15(16)8-9-19(17)25/h3-12,14,25H,1-2H3,(H,24,26). The van der Waals surface area contributed by atoms with Gasteiger partial charge in [-0.1, -0.05) is 36.4 Å². The lowest BCUT2D eigenvalue weighted by molar-refractivity contribution is -0.127. The Balaban J connectivity index is 1.69. The van der Waals surface area contributed by atoms with Crippen molar-refractivity contribution < 1.29 is 14.6 Å². The third kappa shape index (κ3) is 4.46. The predicted octanol–water partition coefficient (Wildman–Crippen LogP) is 4.53. The summed E-state index contributed by atoms with van der Waals surface area (Å²) < 4.78 is 6.46. The van der Waals surface area contributed by atoms with E-state index in [0.717, 1.165) is 20.8 Å². The molecule has 0 bridgehead atoms. The van der Waals surface area contributed by atoms with Crippen molar-refractivity contribution in [1.29, 1.82) is 0 Å². The molecule has 0 saturated carbocycles. The number of phenolic OH excluding ortho intramolecular Hbond substituents is 1. The first-order chi connectivity index (χ1) is 13.0. The number of nitrogens with zero attached hydrogens (tertiary/aromatic N) is 1. The maximum atomic E-state index is 12.2. The van der Waals surface area contributed by atoms with Gasteiger partial charge in [0.15, 0.2) is 6.10 Å². The maximum absolute atomic E-state index is 12.2. The fourth-order valence-corrected chi connectivity index (χ4v) is 3.20. The lowest BCUT2D eigenvalue weighted by Crippen LogP contribution is -2.33. The molecule has 0 aliphatic carbocycles. The van der Waals surface area contributed by atoms with Crippen molar-refractivity contribution in [2.24, 2.45) is 5.10 Å². The molecule has 0 heterocycles. The maximum Gasteiger partial charge on any atom is 0.280 e. The SMILES string of the molecule is Cc1ccc(OC(C)C(=O)NN=Cc2c(O)ccc3ccccc23)c(Br)c1. The molecule has 6 heteroatoms. The van der Waals surface area contributed by atoms with Crippen LogP contribution in [0.25, 0.3) is 10.8 Å². The fourth-order valence-electron chi connectivity index (χ4n) is 2.62. The molecular weight excluding hydrogens is 408 g/mol. The number of amides is 1. The number of phenols is 1. The monoisotopic (exact) mass is 426 g/mol. The van der Waals surface area contributed by atoms with Gasteiger partial charge in [-0.3, -0.25) is 4.79 Å². The molecule has 27 heavy (non-hydrogen) atoms. The highest BCUT2D eigenvalue weighted by Gasteiger charge is 2.15. The molecule has 0 saturated heterocycles. The van der Waals surface area contributed by atoms with Gasteiger partial charge in [0.2, 0.25) is 0 Å². The fraction of sp³-hybridized carbons (Fsp3) is 0.143. The summed E-state index contributed by atoms with van der Waals surface area (Å²) in [7, 11) is 0. The summed E-state index contributed by atoms with van der Waals surface area (Å²) in [6.07, 6.45) is 0.701. The highest BCUT2D eigenvalue weighted by atomic mass is 79.9. The molecular formula is C21H19BrN2O3. The molecule has 0 fully saturated rings. The van der Waals surface area contributed by atoms with Gasteiger partial charge in [-0.15, -0.1) is 0 Å². The summed E-state index contributed by atoms with van der Waals surface area (Å²) in [6, 6.07) is 16.7. The van der Waals surface area contributed by atoms with Crippen LogP contribution in [0.15, 0.2) is 64.2 Å². The van der Waals surface area contributed by atoms with Crippen LogP contribution in [0, 0.1) is 6.92 Å². The highest BCUT2D eigenvalue weighted by Crippen LogP contribution is 2.27. The predicted molar refractivity (Wildman–Crippen MR) is 110 cm³/mol. The minimum absolute atomic E-state index is 0.0968. The number of hydrazone groups is 1. The Kier molecular flexibility index (Phi) is 5.76. The number of nitrogens with one attached hydrogen (secondary N) is 1. The van der Waals surface area contributed by atoms with E-state index in [1.165, 1.54) is 6.21 Å². The molecule has 2 N–H and O–H groups in total. The van der Waals surface area contributed by atoms with Crippen LogP contribution < -0.4 is 10.2 Å². The van der Waals surface area contributed by atoms with Crippen LogP contribution in [0.4, 0.5) is 0 Å². The second kappa shape index (κ2) is 8.22. The summed E-state index contributed by atoms with van der Waals surface area (Å²) in [5.74, 6) is 0.289. The Morgan fingerprint density at radius 3 is 2.78 bits per heavy atom. The number of halogens is 1. The molecule has 0 radical (unpaired) electrons. The summed E-state index contributed by atoms with van der Waals surface area (Å²) in [4.78, 5) is 12.2. The number of carbonyl (C=O) groups excluding carboxylic acids is 1. The van der Waals surface area contributed by atoms with Gasteiger partial charge in [-0.05, 0) is 64.3 Å². The van der Waals surface area contributed by atoms with Gasteiger partial charge in [-0.2, -0.15) is 5.10 Å². The first-order valence-corrected chi connectivity index (χ1v) is 9.21. The Bertz CT molecular complexity index is 1020. The van der Waals surface area contributed by atoms with Crippen molar-refractivity contribution in [1.82, 2.24) is 5.43 Å². The molecule has 1 unspecified atom stereocenters. The van der Waals surface area contributed by atoms with Crippen LogP contribution in [0.2, 0.25) is 0 Å². The van der Waals surface area contributed by atoms with Crippen molar-refractivity contribution in [2.45, 2.75) is 20.0 Å². The first-order valence-electron chi connectivity index (χ1n) is 8.42. The van der Waals surface area contributed by atoms with E-state index in [0.29, 0.717) is 11.3 Å². The molecule has 3 rings (SSSR count). The number of aryl methyl sites for hydroxylation is 1. The molecule has 5 nitrogen and oxygen atoms in total. The normalized spacial score (nSPS) is 12.3. The number of hydrogen-bond acceptors (Lipinski definition) is 4. The molecule has 0 spiro atoms. The molecule has 1 atom stereocenters. The van der Waals surface area contributed by atoms with Crippen LogP contribution in [0.1, 0.15) is 18.1 Å². The van der Waals surface area contributed by atoms with Crippen molar-refractivity contribution >= 4 is 38.8 Å². The zero-order valence-corrected chi connectivity index (χ0v) is 16.5. The van der Waals surface area contributed by atoms with E-state index in [4.69, 9.17) is 4.74 Å². The van der Waals surface area contributed by atoms with E-state index in [2.05, 4.69) is 26.5 Å². The van der Waals surface area contributed by atoms with Gasteiger partial charge in [0.25, 0.3) is 5.91 Å². The van der Waals surface area contributed by atoms with Crippen molar-refractivity contribution in [3.8, 4) is 11.5 Å². The second-order valence-electron chi connectivity index (χ2n) is 6.15. The van der Waals surface area contributed by atoms with E-state index < -0.39 is 12.0 Å². The molecule has 0 aliphatic heterocycles. The Morgan fingerprint density at radius 1 is 1.22 bits per heavy atom. The molecule has 1 amide bonds. The van der Waals surface area contributed by atoms with E-state index in [1.54, 1.807) is 19.1 Å². The quantitative estimate of drug-likeness (QED) is 0.464. The Labute approximate surface area is 165 Å². The lowest BCUT2D eigenvalue weighted by Gasteiger charge is -2.14. The van der Waals surface area contributed by atoms with Crippen LogP contribution >= 0.6 is 15.9 Å². The number of benzene rings is 3. The van der Waals surface area contributed by atoms with E-state index in [1.807, 2.05) is 49.4 Å². The van der Waals surface area contributed by atoms with Gasteiger partial charge in [0, 0.05) is 5.56 Å². The Hall–Kier alpha value is -2.86. The number of hydrogen-bond donors (Lipinski definition) is 2. The second-order valence-corrected chi connectivity index (χ2v) is 7.00. The zero-order chi connectivity index (χ0) is 19.4.